The number of pyridine rings is 1. The summed E-state index contributed by atoms with van der Waals surface area (Å²) in [6.07, 6.45) is 0. The highest BCUT2D eigenvalue weighted by atomic mass is 15.0. The minimum absolute atomic E-state index is 0.236. The molecule has 0 fully saturated rings. The van der Waals surface area contributed by atoms with Crippen molar-refractivity contribution in [3.8, 4) is 61.6 Å². The van der Waals surface area contributed by atoms with Crippen molar-refractivity contribution in [3.05, 3.63) is 229 Å². The van der Waals surface area contributed by atoms with Crippen LogP contribution in [0.2, 0.25) is 0 Å². The van der Waals surface area contributed by atoms with E-state index in [4.69, 9.17) is 4.98 Å². The molecular weight excluding hydrogens is 689 g/mol. The molecule has 0 saturated heterocycles. The van der Waals surface area contributed by atoms with E-state index in [1.807, 2.05) is 0 Å². The molecule has 57 heavy (non-hydrogen) atoms. The SMILES string of the molecule is Cc1ccc(C2c3ccccc3-c3cc(-c4ccc5c6ccccc6n(-c6ccc(-c7cc(-c8ccccc8)cc(-c8ccccc8)n7)cc6)c5c4)ccc32)cc1. The Labute approximate surface area is 333 Å². The van der Waals surface area contributed by atoms with E-state index in [2.05, 4.69) is 218 Å². The number of rotatable bonds is 6. The maximum Gasteiger partial charge on any atom is 0.0715 e. The van der Waals surface area contributed by atoms with E-state index in [9.17, 15) is 0 Å². The number of hydrogen-bond donors (Lipinski definition) is 0. The van der Waals surface area contributed by atoms with Crippen molar-refractivity contribution < 1.29 is 0 Å². The van der Waals surface area contributed by atoms with E-state index in [1.165, 1.54) is 71.9 Å². The zero-order valence-electron chi connectivity index (χ0n) is 31.6. The molecule has 0 bridgehead atoms. The molecule has 1 aliphatic rings. The highest BCUT2D eigenvalue weighted by Crippen LogP contribution is 2.49. The molecule has 0 radical (unpaired) electrons. The summed E-state index contributed by atoms with van der Waals surface area (Å²) in [5.74, 6) is 0.236. The lowest BCUT2D eigenvalue weighted by Gasteiger charge is -2.15. The zero-order valence-corrected chi connectivity index (χ0v) is 31.6. The van der Waals surface area contributed by atoms with Gasteiger partial charge in [-0.3, -0.25) is 0 Å². The van der Waals surface area contributed by atoms with Crippen LogP contribution in [-0.2, 0) is 0 Å². The van der Waals surface area contributed by atoms with Crippen molar-refractivity contribution >= 4 is 21.8 Å². The standard InChI is InChI=1S/C55H38N2/c1-36-20-22-40(23-21-36)55-48-18-9-8-16-45(48)50-32-41(27-31-49(50)55)42-26-30-47-46-17-10-11-19-53(46)57(54(47)35-42)44-28-24-39(25-29-44)52-34-43(37-12-4-2-5-13-37)33-51(56-52)38-14-6-3-7-15-38/h2-35,55H,1H3. The molecule has 8 aromatic carbocycles. The smallest absolute Gasteiger partial charge is 0.0715 e. The average Bonchev–Trinajstić information content (AvgIpc) is 3.79. The maximum absolute atomic E-state index is 5.19. The Balaban J connectivity index is 1.01. The molecule has 1 atom stereocenters. The van der Waals surface area contributed by atoms with E-state index < -0.39 is 0 Å². The summed E-state index contributed by atoms with van der Waals surface area (Å²) >= 11 is 0. The van der Waals surface area contributed by atoms with E-state index in [1.54, 1.807) is 0 Å². The first kappa shape index (κ1) is 33.1. The third-order valence-corrected chi connectivity index (χ3v) is 11.8. The van der Waals surface area contributed by atoms with E-state index in [0.29, 0.717) is 0 Å². The Morgan fingerprint density at radius 3 is 1.74 bits per heavy atom. The molecule has 2 aromatic heterocycles. The van der Waals surface area contributed by atoms with Crippen LogP contribution in [0.5, 0.6) is 0 Å². The fourth-order valence-electron chi connectivity index (χ4n) is 8.94. The fourth-order valence-corrected chi connectivity index (χ4v) is 8.94. The lowest BCUT2D eigenvalue weighted by molar-refractivity contribution is 1.01. The first-order valence-corrected chi connectivity index (χ1v) is 19.7. The molecule has 0 N–H and O–H groups in total. The summed E-state index contributed by atoms with van der Waals surface area (Å²) in [6.45, 7) is 2.16. The van der Waals surface area contributed by atoms with Crippen molar-refractivity contribution in [2.45, 2.75) is 12.8 Å². The second kappa shape index (κ2) is 13.5. The van der Waals surface area contributed by atoms with Crippen LogP contribution in [0.15, 0.2) is 206 Å². The lowest BCUT2D eigenvalue weighted by Crippen LogP contribution is -1.99. The van der Waals surface area contributed by atoms with Gasteiger partial charge in [0.25, 0.3) is 0 Å². The highest BCUT2D eigenvalue weighted by molar-refractivity contribution is 6.10. The molecule has 1 unspecified atom stereocenters. The van der Waals surface area contributed by atoms with Gasteiger partial charge in [-0.25, -0.2) is 4.98 Å². The van der Waals surface area contributed by atoms with E-state index in [0.717, 1.165) is 33.8 Å². The summed E-state index contributed by atoms with van der Waals surface area (Å²) in [6, 6.07) is 75.1. The first-order valence-electron chi connectivity index (χ1n) is 19.7. The van der Waals surface area contributed by atoms with Crippen molar-refractivity contribution in [2.75, 3.05) is 0 Å². The lowest BCUT2D eigenvalue weighted by atomic mass is 9.88. The second-order valence-electron chi connectivity index (χ2n) is 15.2. The number of benzene rings is 8. The molecule has 1 aliphatic carbocycles. The first-order chi connectivity index (χ1) is 28.2. The molecule has 11 rings (SSSR count). The van der Waals surface area contributed by atoms with E-state index in [-0.39, 0.29) is 5.92 Å². The Kier molecular flexibility index (Phi) is 7.82. The van der Waals surface area contributed by atoms with Crippen LogP contribution in [-0.4, -0.2) is 9.55 Å². The van der Waals surface area contributed by atoms with Crippen LogP contribution in [0.4, 0.5) is 0 Å². The van der Waals surface area contributed by atoms with Gasteiger partial charge in [0.05, 0.1) is 22.4 Å². The topological polar surface area (TPSA) is 17.8 Å². The molecule has 2 heteroatoms. The monoisotopic (exact) mass is 726 g/mol. The summed E-state index contributed by atoms with van der Waals surface area (Å²) in [7, 11) is 0. The van der Waals surface area contributed by atoms with Crippen molar-refractivity contribution in [1.82, 2.24) is 9.55 Å². The van der Waals surface area contributed by atoms with Gasteiger partial charge in [0.2, 0.25) is 0 Å². The minimum Gasteiger partial charge on any atom is -0.309 e. The number of aromatic nitrogens is 2. The summed E-state index contributed by atoms with van der Waals surface area (Å²) in [5, 5.41) is 2.49. The summed E-state index contributed by atoms with van der Waals surface area (Å²) < 4.78 is 2.41. The number of aryl methyl sites for hydroxylation is 1. The molecule has 0 spiro atoms. The Bertz CT molecular complexity index is 3040. The zero-order chi connectivity index (χ0) is 37.9. The molecule has 0 saturated carbocycles. The molecule has 2 heterocycles. The Hall–Kier alpha value is -7.29. The fraction of sp³-hybridized carbons (Fsp3) is 0.0364. The molecule has 268 valence electrons. The normalized spacial score (nSPS) is 13.2. The van der Waals surface area contributed by atoms with Crippen molar-refractivity contribution in [1.29, 1.82) is 0 Å². The second-order valence-corrected chi connectivity index (χ2v) is 15.2. The molecule has 10 aromatic rings. The van der Waals surface area contributed by atoms with Gasteiger partial charge < -0.3 is 4.57 Å². The van der Waals surface area contributed by atoms with Gasteiger partial charge in [0, 0.05) is 33.5 Å². The Morgan fingerprint density at radius 1 is 0.386 bits per heavy atom. The third kappa shape index (κ3) is 5.69. The molecular formula is C55H38N2. The number of hydrogen-bond acceptors (Lipinski definition) is 1. The summed E-state index contributed by atoms with van der Waals surface area (Å²) in [4.78, 5) is 5.19. The Morgan fingerprint density at radius 2 is 0.965 bits per heavy atom. The minimum atomic E-state index is 0.236. The number of para-hydroxylation sites is 1. The van der Waals surface area contributed by atoms with Gasteiger partial charge in [0.1, 0.15) is 0 Å². The van der Waals surface area contributed by atoms with Crippen LogP contribution < -0.4 is 0 Å². The predicted octanol–water partition coefficient (Wildman–Crippen LogP) is 14.3. The number of fused-ring (bicyclic) bond motifs is 6. The average molecular weight is 727 g/mol. The molecule has 2 nitrogen and oxygen atoms in total. The van der Waals surface area contributed by atoms with Gasteiger partial charge in [-0.15, -0.1) is 0 Å². The van der Waals surface area contributed by atoms with Crippen LogP contribution in [0.3, 0.4) is 0 Å². The quantitative estimate of drug-likeness (QED) is 0.167. The van der Waals surface area contributed by atoms with Crippen LogP contribution in [0.25, 0.3) is 83.4 Å². The van der Waals surface area contributed by atoms with Crippen molar-refractivity contribution in [3.63, 3.8) is 0 Å². The predicted molar refractivity (Wildman–Crippen MR) is 238 cm³/mol. The highest BCUT2D eigenvalue weighted by Gasteiger charge is 2.30. The van der Waals surface area contributed by atoms with Gasteiger partial charge in [-0.2, -0.15) is 0 Å². The van der Waals surface area contributed by atoms with E-state index >= 15 is 0 Å². The summed E-state index contributed by atoms with van der Waals surface area (Å²) in [5.41, 5.74) is 20.4. The largest absolute Gasteiger partial charge is 0.309 e. The van der Waals surface area contributed by atoms with Crippen LogP contribution >= 0.6 is 0 Å². The molecule has 0 amide bonds. The van der Waals surface area contributed by atoms with Crippen LogP contribution in [0, 0.1) is 6.92 Å². The van der Waals surface area contributed by atoms with Gasteiger partial charge in [0.15, 0.2) is 0 Å². The van der Waals surface area contributed by atoms with Gasteiger partial charge in [-0.05, 0) is 99.5 Å². The maximum atomic E-state index is 5.19. The van der Waals surface area contributed by atoms with Gasteiger partial charge in [-0.1, -0.05) is 169 Å². The number of nitrogens with zero attached hydrogens (tertiary/aromatic N) is 2. The molecule has 0 aliphatic heterocycles. The van der Waals surface area contributed by atoms with Crippen molar-refractivity contribution in [2.24, 2.45) is 0 Å². The van der Waals surface area contributed by atoms with Gasteiger partial charge >= 0.3 is 0 Å². The third-order valence-electron chi connectivity index (χ3n) is 11.8. The van der Waals surface area contributed by atoms with Crippen LogP contribution in [0.1, 0.15) is 28.2 Å².